The number of anilines is 1. The van der Waals surface area contributed by atoms with Gasteiger partial charge in [-0.2, -0.15) is 13.2 Å². The van der Waals surface area contributed by atoms with Gasteiger partial charge in [0.1, 0.15) is 11.5 Å². The molecule has 1 N–H and O–H groups in total. The van der Waals surface area contributed by atoms with Gasteiger partial charge in [0, 0.05) is 11.3 Å². The predicted octanol–water partition coefficient (Wildman–Crippen LogP) is 5.65. The summed E-state index contributed by atoms with van der Waals surface area (Å²) in [5.74, 6) is -1.08. The van der Waals surface area contributed by atoms with Gasteiger partial charge in [-0.15, -0.1) is 0 Å². The Kier molecular flexibility index (Phi) is 6.40. The third kappa shape index (κ3) is 5.56. The monoisotopic (exact) mass is 435 g/mol. The first-order valence-corrected chi connectivity index (χ1v) is 9.82. The van der Waals surface area contributed by atoms with Crippen molar-refractivity contribution in [3.05, 3.63) is 71.2 Å². The number of benzene rings is 2. The molecule has 1 aromatic heterocycles. The van der Waals surface area contributed by atoms with E-state index in [-0.39, 0.29) is 16.6 Å². The topological polar surface area (TPSA) is 54.9 Å². The highest BCUT2D eigenvalue weighted by Crippen LogP contribution is 2.32. The highest BCUT2D eigenvalue weighted by atomic mass is 32.2. The number of rotatable bonds is 5. The number of amides is 1. The number of nitrogens with zero attached hydrogens (tertiary/aromatic N) is 2. The van der Waals surface area contributed by atoms with Crippen LogP contribution in [0.15, 0.2) is 53.7 Å². The second-order valence-electron chi connectivity index (χ2n) is 6.56. The Morgan fingerprint density at radius 1 is 1.00 bits per heavy atom. The van der Waals surface area contributed by atoms with Gasteiger partial charge in [-0.3, -0.25) is 4.79 Å². The van der Waals surface area contributed by atoms with Gasteiger partial charge in [0.2, 0.25) is 5.91 Å². The molecule has 0 saturated heterocycles. The summed E-state index contributed by atoms with van der Waals surface area (Å²) in [4.78, 5) is 19.8. The molecule has 0 radical (unpaired) electrons. The molecule has 0 saturated carbocycles. The van der Waals surface area contributed by atoms with Crippen LogP contribution in [0.4, 0.5) is 23.2 Å². The van der Waals surface area contributed by atoms with E-state index >= 15 is 0 Å². The normalized spacial score (nSPS) is 11.4. The molecule has 3 rings (SSSR count). The van der Waals surface area contributed by atoms with Crippen molar-refractivity contribution in [1.29, 1.82) is 0 Å². The first kappa shape index (κ1) is 21.8. The van der Waals surface area contributed by atoms with Crippen LogP contribution in [0.25, 0.3) is 11.3 Å². The Morgan fingerprint density at radius 3 is 2.33 bits per heavy atom. The number of aryl methyl sites for hydroxylation is 2. The lowest BCUT2D eigenvalue weighted by Crippen LogP contribution is -2.15. The molecule has 0 bridgehead atoms. The van der Waals surface area contributed by atoms with Gasteiger partial charge >= 0.3 is 6.18 Å². The predicted molar refractivity (Wildman–Crippen MR) is 108 cm³/mol. The zero-order valence-electron chi connectivity index (χ0n) is 16.0. The van der Waals surface area contributed by atoms with E-state index < -0.39 is 23.6 Å². The van der Waals surface area contributed by atoms with Crippen molar-refractivity contribution in [1.82, 2.24) is 9.97 Å². The molecule has 3 aromatic rings. The molecule has 156 valence electrons. The van der Waals surface area contributed by atoms with E-state index in [1.807, 2.05) is 26.0 Å². The number of carbonyl (C=O) groups excluding carboxylic acids is 1. The smallest absolute Gasteiger partial charge is 0.325 e. The Balaban J connectivity index is 1.78. The molecule has 0 atom stereocenters. The highest BCUT2D eigenvalue weighted by molar-refractivity contribution is 7.99. The summed E-state index contributed by atoms with van der Waals surface area (Å²) in [6.07, 6.45) is -4.69. The Hall–Kier alpha value is -2.94. The van der Waals surface area contributed by atoms with Gasteiger partial charge < -0.3 is 5.32 Å². The van der Waals surface area contributed by atoms with E-state index in [0.29, 0.717) is 11.3 Å². The molecule has 30 heavy (non-hydrogen) atoms. The molecule has 0 spiro atoms. The molecule has 4 nitrogen and oxygen atoms in total. The summed E-state index contributed by atoms with van der Waals surface area (Å²) >= 11 is 0.789. The lowest BCUT2D eigenvalue weighted by atomic mass is 10.1. The molecular formula is C21H17F4N3OS. The quantitative estimate of drug-likeness (QED) is 0.320. The van der Waals surface area contributed by atoms with Crippen LogP contribution in [-0.4, -0.2) is 21.6 Å². The summed E-state index contributed by atoms with van der Waals surface area (Å²) in [6.45, 7) is 3.85. The van der Waals surface area contributed by atoms with Crippen LogP contribution in [0.2, 0.25) is 0 Å². The molecular weight excluding hydrogens is 418 g/mol. The van der Waals surface area contributed by atoms with Crippen LogP contribution >= 0.6 is 11.8 Å². The molecule has 0 aliphatic carbocycles. The molecule has 0 fully saturated rings. The lowest BCUT2D eigenvalue weighted by molar-refractivity contribution is -0.141. The molecule has 0 unspecified atom stereocenters. The second-order valence-corrected chi connectivity index (χ2v) is 7.50. The molecule has 2 aromatic carbocycles. The van der Waals surface area contributed by atoms with Crippen molar-refractivity contribution >= 4 is 23.4 Å². The van der Waals surface area contributed by atoms with E-state index in [9.17, 15) is 22.4 Å². The summed E-state index contributed by atoms with van der Waals surface area (Å²) in [6, 6.07) is 11.2. The number of hydrogen-bond acceptors (Lipinski definition) is 4. The molecule has 1 amide bonds. The zero-order valence-corrected chi connectivity index (χ0v) is 16.9. The number of thioether (sulfide) groups is 1. The van der Waals surface area contributed by atoms with E-state index in [1.165, 1.54) is 12.1 Å². The third-order valence-corrected chi connectivity index (χ3v) is 5.11. The Bertz CT molecular complexity index is 1070. The van der Waals surface area contributed by atoms with E-state index in [2.05, 4.69) is 15.3 Å². The minimum atomic E-state index is -4.69. The van der Waals surface area contributed by atoms with E-state index in [0.717, 1.165) is 41.1 Å². The number of halogens is 4. The van der Waals surface area contributed by atoms with Crippen LogP contribution in [0.1, 0.15) is 16.8 Å². The minimum absolute atomic E-state index is 0.00519. The van der Waals surface area contributed by atoms with E-state index in [1.54, 1.807) is 6.07 Å². The van der Waals surface area contributed by atoms with Crippen molar-refractivity contribution in [3.8, 4) is 11.3 Å². The summed E-state index contributed by atoms with van der Waals surface area (Å²) in [5.41, 5.74) is 1.85. The van der Waals surface area contributed by atoms with Crippen molar-refractivity contribution in [2.24, 2.45) is 0 Å². The van der Waals surface area contributed by atoms with Crippen LogP contribution in [0.3, 0.4) is 0 Å². The van der Waals surface area contributed by atoms with Crippen molar-refractivity contribution in [3.63, 3.8) is 0 Å². The van der Waals surface area contributed by atoms with Crippen LogP contribution < -0.4 is 5.32 Å². The van der Waals surface area contributed by atoms with Gasteiger partial charge in [-0.05, 0) is 67.4 Å². The van der Waals surface area contributed by atoms with Crippen molar-refractivity contribution < 1.29 is 22.4 Å². The van der Waals surface area contributed by atoms with Crippen LogP contribution in [0.5, 0.6) is 0 Å². The maximum Gasteiger partial charge on any atom is 0.433 e. The summed E-state index contributed by atoms with van der Waals surface area (Å²) in [5, 5.41) is 2.50. The van der Waals surface area contributed by atoms with E-state index in [4.69, 9.17) is 0 Å². The lowest BCUT2D eigenvalue weighted by Gasteiger charge is -2.11. The SMILES string of the molecule is Cc1ccc(NC(=O)CSc2nc(-c3ccc(F)cc3)cc(C(F)(F)F)n2)cc1C. The minimum Gasteiger partial charge on any atom is -0.325 e. The van der Waals surface area contributed by atoms with Crippen LogP contribution in [0, 0.1) is 19.7 Å². The average Bonchev–Trinajstić information content (AvgIpc) is 2.69. The first-order valence-electron chi connectivity index (χ1n) is 8.84. The second kappa shape index (κ2) is 8.83. The molecule has 9 heteroatoms. The largest absolute Gasteiger partial charge is 0.433 e. The standard InChI is InChI=1S/C21H17F4N3OS/c1-12-3-8-16(9-13(12)2)26-19(29)11-30-20-27-17(10-18(28-20)21(23,24)25)14-4-6-15(22)7-5-14/h3-10H,11H2,1-2H3,(H,26,29). The Morgan fingerprint density at radius 2 is 1.70 bits per heavy atom. The maximum atomic E-state index is 13.2. The fourth-order valence-corrected chi connectivity index (χ4v) is 3.21. The fourth-order valence-electron chi connectivity index (χ4n) is 2.55. The van der Waals surface area contributed by atoms with Gasteiger partial charge in [0.25, 0.3) is 0 Å². The van der Waals surface area contributed by atoms with Gasteiger partial charge in [-0.1, -0.05) is 17.8 Å². The molecule has 1 heterocycles. The average molecular weight is 435 g/mol. The van der Waals surface area contributed by atoms with Gasteiger partial charge in [0.15, 0.2) is 5.16 Å². The number of carbonyl (C=O) groups is 1. The number of alkyl halides is 3. The van der Waals surface area contributed by atoms with Crippen LogP contribution in [-0.2, 0) is 11.0 Å². The Labute approximate surface area is 174 Å². The van der Waals surface area contributed by atoms with Gasteiger partial charge in [-0.25, -0.2) is 14.4 Å². The fraction of sp³-hybridized carbons (Fsp3) is 0.190. The highest BCUT2D eigenvalue weighted by Gasteiger charge is 2.34. The van der Waals surface area contributed by atoms with Crippen molar-refractivity contribution in [2.75, 3.05) is 11.1 Å². The van der Waals surface area contributed by atoms with Crippen molar-refractivity contribution in [2.45, 2.75) is 25.2 Å². The number of hydrogen-bond donors (Lipinski definition) is 1. The van der Waals surface area contributed by atoms with Gasteiger partial charge in [0.05, 0.1) is 11.4 Å². The first-order chi connectivity index (χ1) is 14.1. The zero-order chi connectivity index (χ0) is 21.9. The molecule has 0 aliphatic heterocycles. The summed E-state index contributed by atoms with van der Waals surface area (Å²) in [7, 11) is 0. The third-order valence-electron chi connectivity index (χ3n) is 4.26. The molecule has 0 aliphatic rings. The maximum absolute atomic E-state index is 13.2. The number of nitrogens with one attached hydrogen (secondary N) is 1. The summed E-state index contributed by atoms with van der Waals surface area (Å²) < 4.78 is 52.9. The number of aromatic nitrogens is 2.